The lowest BCUT2D eigenvalue weighted by Crippen LogP contribution is -2.42. The highest BCUT2D eigenvalue weighted by atomic mass is 16.2. The second-order valence-electron chi connectivity index (χ2n) is 4.25. The number of nitrogens with one attached hydrogen (secondary N) is 2. The van der Waals surface area contributed by atoms with Crippen molar-refractivity contribution in [1.82, 2.24) is 10.9 Å². The van der Waals surface area contributed by atoms with Crippen LogP contribution in [0.3, 0.4) is 0 Å². The maximum atomic E-state index is 11.7. The van der Waals surface area contributed by atoms with Crippen molar-refractivity contribution in [3.05, 3.63) is 35.9 Å². The number of hydrogen-bond acceptors (Lipinski definition) is 2. The molecule has 1 saturated carbocycles. The zero-order valence-corrected chi connectivity index (χ0v) is 9.77. The van der Waals surface area contributed by atoms with Gasteiger partial charge in [0, 0.05) is 12.3 Å². The lowest BCUT2D eigenvalue weighted by atomic mass is 10.1. The second-order valence-corrected chi connectivity index (χ2v) is 4.25. The first-order valence-electron chi connectivity index (χ1n) is 5.86. The van der Waals surface area contributed by atoms with E-state index in [1.807, 2.05) is 30.3 Å². The highest BCUT2D eigenvalue weighted by Crippen LogP contribution is 2.47. The van der Waals surface area contributed by atoms with Gasteiger partial charge in [-0.15, -0.1) is 0 Å². The molecule has 1 fully saturated rings. The first kappa shape index (κ1) is 11.6. The van der Waals surface area contributed by atoms with Crippen molar-refractivity contribution in [3.8, 4) is 0 Å². The van der Waals surface area contributed by atoms with Gasteiger partial charge in [-0.3, -0.25) is 20.4 Å². The molecule has 2 atom stereocenters. The number of rotatable bonds is 3. The van der Waals surface area contributed by atoms with Crippen LogP contribution in [0.5, 0.6) is 0 Å². The van der Waals surface area contributed by atoms with Gasteiger partial charge in [0.05, 0.1) is 0 Å². The van der Waals surface area contributed by atoms with Crippen molar-refractivity contribution in [1.29, 1.82) is 0 Å². The molecule has 0 heterocycles. The van der Waals surface area contributed by atoms with Crippen molar-refractivity contribution < 1.29 is 9.59 Å². The molecule has 4 heteroatoms. The van der Waals surface area contributed by atoms with Crippen molar-refractivity contribution in [2.45, 2.75) is 25.7 Å². The Morgan fingerprint density at radius 1 is 1.24 bits per heavy atom. The lowest BCUT2D eigenvalue weighted by molar-refractivity contribution is -0.129. The highest BCUT2D eigenvalue weighted by Gasteiger charge is 2.43. The third-order valence-electron chi connectivity index (χ3n) is 3.00. The minimum absolute atomic E-state index is 0.00504. The molecule has 2 rings (SSSR count). The molecule has 1 aliphatic carbocycles. The minimum atomic E-state index is -0.171. The van der Waals surface area contributed by atoms with Gasteiger partial charge in [-0.05, 0) is 17.9 Å². The van der Waals surface area contributed by atoms with Crippen LogP contribution in [0.2, 0.25) is 0 Å². The molecule has 0 aromatic heterocycles. The van der Waals surface area contributed by atoms with Gasteiger partial charge in [-0.2, -0.15) is 0 Å². The third kappa shape index (κ3) is 2.84. The standard InChI is InChI=1S/C13H16N2O2/c1-2-12(16)14-15-13(17)11-8-10(11)9-6-4-3-5-7-9/h3-7,10-11H,2,8H2,1H3,(H,14,16)(H,15,17)/t10-,11+/m1/s1. The fourth-order valence-corrected chi connectivity index (χ4v) is 1.87. The SMILES string of the molecule is CCC(=O)NNC(=O)[C@H]1C[C@@H]1c1ccccc1. The maximum absolute atomic E-state index is 11.7. The smallest absolute Gasteiger partial charge is 0.242 e. The normalized spacial score (nSPS) is 21.7. The quantitative estimate of drug-likeness (QED) is 0.773. The van der Waals surface area contributed by atoms with Gasteiger partial charge in [0.25, 0.3) is 0 Å². The molecular formula is C13H16N2O2. The van der Waals surface area contributed by atoms with E-state index in [9.17, 15) is 9.59 Å². The summed E-state index contributed by atoms with van der Waals surface area (Å²) in [5, 5.41) is 0. The van der Waals surface area contributed by atoms with Crippen molar-refractivity contribution in [2.75, 3.05) is 0 Å². The van der Waals surface area contributed by atoms with Crippen LogP contribution in [0.15, 0.2) is 30.3 Å². The number of hydrazine groups is 1. The number of carbonyl (C=O) groups excluding carboxylic acids is 2. The van der Waals surface area contributed by atoms with Crippen LogP contribution in [0, 0.1) is 5.92 Å². The van der Waals surface area contributed by atoms with Crippen LogP contribution in [0.25, 0.3) is 0 Å². The van der Waals surface area contributed by atoms with Gasteiger partial charge < -0.3 is 0 Å². The molecular weight excluding hydrogens is 216 g/mol. The molecule has 2 N–H and O–H groups in total. The monoisotopic (exact) mass is 232 g/mol. The van der Waals surface area contributed by atoms with Crippen LogP contribution in [-0.2, 0) is 9.59 Å². The van der Waals surface area contributed by atoms with E-state index < -0.39 is 0 Å². The molecule has 0 saturated heterocycles. The Hall–Kier alpha value is -1.84. The van der Waals surface area contributed by atoms with E-state index in [1.54, 1.807) is 6.92 Å². The molecule has 17 heavy (non-hydrogen) atoms. The van der Waals surface area contributed by atoms with Gasteiger partial charge in [-0.25, -0.2) is 0 Å². The molecule has 0 bridgehead atoms. The van der Waals surface area contributed by atoms with E-state index in [-0.39, 0.29) is 17.7 Å². The van der Waals surface area contributed by atoms with Crippen LogP contribution in [0.4, 0.5) is 0 Å². The summed E-state index contributed by atoms with van der Waals surface area (Å²) in [6, 6.07) is 9.97. The Kier molecular flexibility index (Phi) is 3.42. The fourth-order valence-electron chi connectivity index (χ4n) is 1.87. The molecule has 1 aromatic carbocycles. The van der Waals surface area contributed by atoms with E-state index in [1.165, 1.54) is 5.56 Å². The van der Waals surface area contributed by atoms with Crippen LogP contribution in [-0.4, -0.2) is 11.8 Å². The lowest BCUT2D eigenvalue weighted by Gasteiger charge is -2.05. The Bertz CT molecular complexity index is 417. The third-order valence-corrected chi connectivity index (χ3v) is 3.00. The Labute approximate surface area is 100 Å². The van der Waals surface area contributed by atoms with Gasteiger partial charge >= 0.3 is 0 Å². The minimum Gasteiger partial charge on any atom is -0.273 e. The number of hydrogen-bond donors (Lipinski definition) is 2. The molecule has 0 unspecified atom stereocenters. The highest BCUT2D eigenvalue weighted by molar-refractivity contribution is 5.85. The molecule has 90 valence electrons. The number of benzene rings is 1. The van der Waals surface area contributed by atoms with Crippen molar-refractivity contribution >= 4 is 11.8 Å². The first-order valence-corrected chi connectivity index (χ1v) is 5.86. The van der Waals surface area contributed by atoms with Crippen LogP contribution in [0.1, 0.15) is 31.2 Å². The number of carbonyl (C=O) groups is 2. The summed E-state index contributed by atoms with van der Waals surface area (Å²) in [5.74, 6) is 0.0280. The Morgan fingerprint density at radius 3 is 2.59 bits per heavy atom. The number of amides is 2. The molecule has 1 aliphatic rings. The first-order chi connectivity index (χ1) is 8.22. The molecule has 4 nitrogen and oxygen atoms in total. The molecule has 2 amide bonds. The van der Waals surface area contributed by atoms with E-state index in [0.29, 0.717) is 12.3 Å². The summed E-state index contributed by atoms with van der Waals surface area (Å²) >= 11 is 0. The summed E-state index contributed by atoms with van der Waals surface area (Å²) in [6.07, 6.45) is 1.23. The van der Waals surface area contributed by atoms with E-state index in [0.717, 1.165) is 6.42 Å². The van der Waals surface area contributed by atoms with Gasteiger partial charge in [-0.1, -0.05) is 37.3 Å². The van der Waals surface area contributed by atoms with Gasteiger partial charge in [0.1, 0.15) is 0 Å². The van der Waals surface area contributed by atoms with Crippen molar-refractivity contribution in [3.63, 3.8) is 0 Å². The van der Waals surface area contributed by atoms with Crippen molar-refractivity contribution in [2.24, 2.45) is 5.92 Å². The largest absolute Gasteiger partial charge is 0.273 e. The molecule has 1 aromatic rings. The predicted octanol–water partition coefficient (Wildman–Crippen LogP) is 1.35. The summed E-state index contributed by atoms with van der Waals surface area (Å²) in [6.45, 7) is 1.74. The second kappa shape index (κ2) is 4.99. The van der Waals surface area contributed by atoms with E-state index in [2.05, 4.69) is 10.9 Å². The Balaban J connectivity index is 1.83. The van der Waals surface area contributed by atoms with Gasteiger partial charge in [0.2, 0.25) is 11.8 Å². The topological polar surface area (TPSA) is 58.2 Å². The van der Waals surface area contributed by atoms with Crippen LogP contribution < -0.4 is 10.9 Å². The maximum Gasteiger partial charge on any atom is 0.242 e. The zero-order valence-electron chi connectivity index (χ0n) is 9.77. The predicted molar refractivity (Wildman–Crippen MR) is 63.9 cm³/mol. The average Bonchev–Trinajstić information content (AvgIpc) is 3.17. The van der Waals surface area contributed by atoms with E-state index >= 15 is 0 Å². The molecule has 0 aliphatic heterocycles. The summed E-state index contributed by atoms with van der Waals surface area (Å²) in [5.41, 5.74) is 6.03. The zero-order chi connectivity index (χ0) is 12.3. The van der Waals surface area contributed by atoms with Gasteiger partial charge in [0.15, 0.2) is 0 Å². The average molecular weight is 232 g/mol. The fraction of sp³-hybridized carbons (Fsp3) is 0.385. The summed E-state index contributed by atoms with van der Waals surface area (Å²) in [4.78, 5) is 22.7. The Morgan fingerprint density at radius 2 is 1.94 bits per heavy atom. The van der Waals surface area contributed by atoms with Crippen LogP contribution >= 0.6 is 0 Å². The summed E-state index contributed by atoms with van der Waals surface area (Å²) in [7, 11) is 0. The molecule has 0 radical (unpaired) electrons. The van der Waals surface area contributed by atoms with E-state index in [4.69, 9.17) is 0 Å². The molecule has 0 spiro atoms. The summed E-state index contributed by atoms with van der Waals surface area (Å²) < 4.78 is 0.